The highest BCUT2D eigenvalue weighted by Gasteiger charge is 2.49. The Balaban J connectivity index is 1.41. The number of morpholine rings is 1. The van der Waals surface area contributed by atoms with E-state index in [-0.39, 0.29) is 29.4 Å². The van der Waals surface area contributed by atoms with Gasteiger partial charge in [-0.2, -0.15) is 4.31 Å². The molecule has 0 aliphatic carbocycles. The summed E-state index contributed by atoms with van der Waals surface area (Å²) in [7, 11) is -3.69. The van der Waals surface area contributed by atoms with Crippen molar-refractivity contribution in [2.75, 3.05) is 38.2 Å². The second-order valence-corrected chi connectivity index (χ2v) is 10.3. The second-order valence-electron chi connectivity index (χ2n) is 8.34. The first kappa shape index (κ1) is 25.2. The summed E-state index contributed by atoms with van der Waals surface area (Å²) in [5.41, 5.74) is -1.06. The lowest BCUT2D eigenvalue weighted by molar-refractivity contribution is -0.384. The summed E-state index contributed by atoms with van der Waals surface area (Å²) in [6.45, 7) is 2.01. The molecule has 0 radical (unpaired) electrons. The molecular formula is C22H23N5O8S. The van der Waals surface area contributed by atoms with E-state index in [2.05, 4.69) is 10.6 Å². The van der Waals surface area contributed by atoms with Crippen LogP contribution in [0.4, 0.5) is 16.2 Å². The van der Waals surface area contributed by atoms with Gasteiger partial charge in [-0.3, -0.25) is 24.6 Å². The van der Waals surface area contributed by atoms with Crippen molar-refractivity contribution in [3.63, 3.8) is 0 Å². The fraction of sp³-hybridized carbons (Fsp3) is 0.318. The molecule has 2 fully saturated rings. The van der Waals surface area contributed by atoms with Crippen LogP contribution in [0.1, 0.15) is 12.5 Å². The highest BCUT2D eigenvalue weighted by atomic mass is 32.2. The molecule has 4 rings (SSSR count). The van der Waals surface area contributed by atoms with Crippen LogP contribution >= 0.6 is 0 Å². The molecule has 0 saturated carbocycles. The number of non-ortho nitro benzene ring substituents is 1. The normalized spacial score (nSPS) is 20.8. The quantitative estimate of drug-likeness (QED) is 0.312. The zero-order valence-electron chi connectivity index (χ0n) is 19.2. The fourth-order valence-electron chi connectivity index (χ4n) is 3.94. The largest absolute Gasteiger partial charge is 0.379 e. The Labute approximate surface area is 206 Å². The van der Waals surface area contributed by atoms with Crippen LogP contribution in [0.2, 0.25) is 0 Å². The molecule has 0 spiro atoms. The Hall–Kier alpha value is -3.88. The Bertz CT molecular complexity index is 1310. The van der Waals surface area contributed by atoms with Gasteiger partial charge < -0.3 is 15.4 Å². The zero-order chi connectivity index (χ0) is 26.1. The topological polar surface area (TPSA) is 168 Å². The van der Waals surface area contributed by atoms with E-state index in [1.807, 2.05) is 0 Å². The van der Waals surface area contributed by atoms with Gasteiger partial charge in [0.2, 0.25) is 15.9 Å². The van der Waals surface area contributed by atoms with E-state index in [1.165, 1.54) is 59.8 Å². The highest BCUT2D eigenvalue weighted by Crippen LogP contribution is 2.30. The average molecular weight is 518 g/mol. The van der Waals surface area contributed by atoms with Crippen LogP contribution in [0.15, 0.2) is 53.4 Å². The first-order valence-corrected chi connectivity index (χ1v) is 12.3. The number of rotatable bonds is 7. The summed E-state index contributed by atoms with van der Waals surface area (Å²) in [5.74, 6) is -1.36. The maximum Gasteiger partial charge on any atom is 0.325 e. The molecule has 0 aromatic heterocycles. The third kappa shape index (κ3) is 4.78. The number of nitro benzene ring substituents is 1. The Morgan fingerprint density at radius 1 is 1.11 bits per heavy atom. The minimum atomic E-state index is -3.69. The fourth-order valence-corrected chi connectivity index (χ4v) is 5.35. The van der Waals surface area contributed by atoms with Crippen LogP contribution in [-0.4, -0.2) is 73.2 Å². The first-order valence-electron chi connectivity index (χ1n) is 10.9. The van der Waals surface area contributed by atoms with Crippen LogP contribution in [-0.2, 0) is 29.9 Å². The van der Waals surface area contributed by atoms with Crippen LogP contribution in [0.5, 0.6) is 0 Å². The summed E-state index contributed by atoms with van der Waals surface area (Å²) in [6, 6.07) is 9.94. The molecule has 2 aliphatic heterocycles. The molecule has 2 heterocycles. The maximum atomic E-state index is 13.0. The van der Waals surface area contributed by atoms with Crippen molar-refractivity contribution in [1.29, 1.82) is 0 Å². The Kier molecular flexibility index (Phi) is 6.75. The minimum Gasteiger partial charge on any atom is -0.379 e. The summed E-state index contributed by atoms with van der Waals surface area (Å²) in [6.07, 6.45) is 0. The standard InChI is InChI=1S/C22H23N5O8S/c1-22(15-2-6-17(7-3-15)27(31)32)20(29)26(21(30)24-22)14-19(28)23-16-4-8-18(9-5-16)36(33,34)25-10-12-35-13-11-25/h2-9H,10-14H2,1H3,(H,23,28)(H,24,30)/t22-/m1/s1. The van der Waals surface area contributed by atoms with Crippen molar-refractivity contribution in [3.05, 3.63) is 64.2 Å². The number of amides is 4. The summed E-state index contributed by atoms with van der Waals surface area (Å²) in [4.78, 5) is 49.1. The molecule has 4 amide bonds. The highest BCUT2D eigenvalue weighted by molar-refractivity contribution is 7.89. The lowest BCUT2D eigenvalue weighted by atomic mass is 9.92. The van der Waals surface area contributed by atoms with Gasteiger partial charge in [-0.15, -0.1) is 0 Å². The summed E-state index contributed by atoms with van der Waals surface area (Å²) < 4.78 is 31.9. The van der Waals surface area contributed by atoms with Crippen molar-refractivity contribution < 1.29 is 32.5 Å². The second kappa shape index (κ2) is 9.64. The molecule has 1 atom stereocenters. The number of nitrogens with zero attached hydrogens (tertiary/aromatic N) is 3. The van der Waals surface area contributed by atoms with E-state index in [0.717, 1.165) is 4.90 Å². The molecule has 2 aliphatic rings. The van der Waals surface area contributed by atoms with Gasteiger partial charge in [0.05, 0.1) is 23.0 Å². The number of anilines is 1. The number of ether oxygens (including phenoxy) is 1. The van der Waals surface area contributed by atoms with Crippen molar-refractivity contribution in [2.24, 2.45) is 0 Å². The first-order chi connectivity index (χ1) is 17.0. The molecule has 0 bridgehead atoms. The van der Waals surface area contributed by atoms with E-state index in [4.69, 9.17) is 4.74 Å². The number of imide groups is 1. The Morgan fingerprint density at radius 3 is 2.31 bits per heavy atom. The van der Waals surface area contributed by atoms with Crippen LogP contribution < -0.4 is 10.6 Å². The predicted octanol–water partition coefficient (Wildman–Crippen LogP) is 1.02. The van der Waals surface area contributed by atoms with Gasteiger partial charge in [0.1, 0.15) is 12.1 Å². The van der Waals surface area contributed by atoms with Gasteiger partial charge in [-0.05, 0) is 48.9 Å². The van der Waals surface area contributed by atoms with Gasteiger partial charge in [-0.1, -0.05) is 0 Å². The molecule has 14 heteroatoms. The maximum absolute atomic E-state index is 13.0. The number of benzene rings is 2. The third-order valence-corrected chi connectivity index (χ3v) is 7.89. The minimum absolute atomic E-state index is 0.0651. The van der Waals surface area contributed by atoms with E-state index in [9.17, 15) is 32.9 Å². The van der Waals surface area contributed by atoms with E-state index >= 15 is 0 Å². The molecule has 13 nitrogen and oxygen atoms in total. The number of nitro groups is 1. The molecule has 0 unspecified atom stereocenters. The van der Waals surface area contributed by atoms with E-state index in [0.29, 0.717) is 18.8 Å². The summed E-state index contributed by atoms with van der Waals surface area (Å²) >= 11 is 0. The molecular weight excluding hydrogens is 494 g/mol. The number of nitrogens with one attached hydrogen (secondary N) is 2. The number of hydrogen-bond acceptors (Lipinski definition) is 8. The van der Waals surface area contributed by atoms with Gasteiger partial charge in [0, 0.05) is 30.9 Å². The van der Waals surface area contributed by atoms with E-state index in [1.54, 1.807) is 0 Å². The van der Waals surface area contributed by atoms with Crippen LogP contribution in [0, 0.1) is 10.1 Å². The number of hydrogen-bond donors (Lipinski definition) is 2. The van der Waals surface area contributed by atoms with Gasteiger partial charge in [-0.25, -0.2) is 13.2 Å². The van der Waals surface area contributed by atoms with E-state index < -0.39 is 44.9 Å². The monoisotopic (exact) mass is 517 g/mol. The van der Waals surface area contributed by atoms with Crippen LogP contribution in [0.3, 0.4) is 0 Å². The van der Waals surface area contributed by atoms with Crippen LogP contribution in [0.25, 0.3) is 0 Å². The number of sulfonamides is 1. The van der Waals surface area contributed by atoms with Crippen molar-refractivity contribution in [1.82, 2.24) is 14.5 Å². The van der Waals surface area contributed by atoms with Crippen molar-refractivity contribution in [3.8, 4) is 0 Å². The van der Waals surface area contributed by atoms with Crippen molar-refractivity contribution in [2.45, 2.75) is 17.4 Å². The number of carbonyl (C=O) groups is 3. The zero-order valence-corrected chi connectivity index (χ0v) is 20.0. The smallest absolute Gasteiger partial charge is 0.325 e. The molecule has 2 N–H and O–H groups in total. The Morgan fingerprint density at radius 2 is 1.72 bits per heavy atom. The third-order valence-electron chi connectivity index (χ3n) is 5.98. The number of urea groups is 1. The lowest BCUT2D eigenvalue weighted by Crippen LogP contribution is -2.42. The van der Waals surface area contributed by atoms with Gasteiger partial charge in [0.15, 0.2) is 0 Å². The molecule has 2 aromatic carbocycles. The number of carbonyl (C=O) groups excluding carboxylic acids is 3. The molecule has 2 aromatic rings. The molecule has 2 saturated heterocycles. The molecule has 190 valence electrons. The lowest BCUT2D eigenvalue weighted by Gasteiger charge is -2.26. The summed E-state index contributed by atoms with van der Waals surface area (Å²) in [5, 5.41) is 15.9. The average Bonchev–Trinajstić information content (AvgIpc) is 3.08. The van der Waals surface area contributed by atoms with Crippen molar-refractivity contribution >= 4 is 39.2 Å². The van der Waals surface area contributed by atoms with Gasteiger partial charge >= 0.3 is 6.03 Å². The SMILES string of the molecule is C[C@]1(c2ccc([N+](=O)[O-])cc2)NC(=O)N(CC(=O)Nc2ccc(S(=O)(=O)N3CCOCC3)cc2)C1=O. The van der Waals surface area contributed by atoms with Gasteiger partial charge in [0.25, 0.3) is 11.6 Å². The molecule has 36 heavy (non-hydrogen) atoms. The predicted molar refractivity (Wildman–Crippen MR) is 125 cm³/mol.